The van der Waals surface area contributed by atoms with Crippen LogP contribution >= 0.6 is 0 Å². The normalized spacial score (nSPS) is 12.6. The third kappa shape index (κ3) is 40.9. The maximum absolute atomic E-state index is 12.8. The first-order valence-corrected chi connectivity index (χ1v) is 29.2. The van der Waals surface area contributed by atoms with Crippen LogP contribution in [0.1, 0.15) is 259 Å². The first kappa shape index (κ1) is 57.5. The van der Waals surface area contributed by atoms with Crippen molar-refractivity contribution in [3.8, 4) is 0 Å². The van der Waals surface area contributed by atoms with E-state index in [1.165, 1.54) is 167 Å². The average Bonchev–Trinajstić information content (AvgIpc) is 3.20. The first-order valence-electron chi connectivity index (χ1n) is 26.1. The van der Waals surface area contributed by atoms with Crippen LogP contribution in [0.3, 0.4) is 0 Å². The zero-order valence-electron chi connectivity index (χ0n) is 40.4. The fourth-order valence-electron chi connectivity index (χ4n) is 8.27. The summed E-state index contributed by atoms with van der Waals surface area (Å²) in [5, 5.41) is 9.75. The van der Waals surface area contributed by atoms with E-state index in [-0.39, 0.29) is 25.0 Å². The van der Waals surface area contributed by atoms with Gasteiger partial charge in [0, 0.05) is 19.6 Å². The molecule has 0 aromatic carbocycles. The molecule has 0 saturated carbocycles. The van der Waals surface area contributed by atoms with E-state index in [4.69, 9.17) is 13.9 Å². The van der Waals surface area contributed by atoms with Gasteiger partial charge < -0.3 is 23.9 Å². The van der Waals surface area contributed by atoms with Gasteiger partial charge in [0.25, 0.3) is 0 Å². The second-order valence-corrected chi connectivity index (χ2v) is 22.9. The second-order valence-electron chi connectivity index (χ2n) is 18.6. The summed E-state index contributed by atoms with van der Waals surface area (Å²) in [5.74, 6) is 0.0253. The van der Waals surface area contributed by atoms with Crippen LogP contribution in [0.25, 0.3) is 0 Å². The Balaban J connectivity index is 4.49. The number of aliphatic hydroxyl groups excluding tert-OH is 1. The molecule has 0 aliphatic carbocycles. The Bertz CT molecular complexity index is 813. The maximum Gasteiger partial charge on any atom is 0.306 e. The number of esters is 1. The van der Waals surface area contributed by atoms with E-state index < -0.39 is 8.32 Å². The molecule has 0 aliphatic rings. The van der Waals surface area contributed by atoms with Gasteiger partial charge in [-0.2, -0.15) is 0 Å². The van der Waals surface area contributed by atoms with Crippen LogP contribution in [0.15, 0.2) is 0 Å². The van der Waals surface area contributed by atoms with Gasteiger partial charge in [-0.3, -0.25) is 4.79 Å². The Kier molecular flexibility index (Phi) is 44.2. The van der Waals surface area contributed by atoms with Crippen LogP contribution in [0.5, 0.6) is 0 Å². The molecule has 6 nitrogen and oxygen atoms in total. The number of carbonyl (C=O) groups excluding carboxylic acids is 1. The Morgan fingerprint density at radius 3 is 1.43 bits per heavy atom. The molecular weight excluding hydrogens is 735 g/mol. The molecule has 0 aliphatic heterocycles. The number of hydrogen-bond acceptors (Lipinski definition) is 6. The Hall–Kier alpha value is -0.473. The predicted octanol–water partition coefficient (Wildman–Crippen LogP) is 15.9. The second kappa shape index (κ2) is 44.6. The average molecular weight is 840 g/mol. The van der Waals surface area contributed by atoms with Crippen molar-refractivity contribution in [2.75, 3.05) is 32.8 Å². The lowest BCUT2D eigenvalue weighted by Gasteiger charge is -2.30. The summed E-state index contributed by atoms with van der Waals surface area (Å²) in [6, 6.07) is 1.23. The predicted molar refractivity (Wildman–Crippen MR) is 255 cm³/mol. The molecule has 0 spiro atoms. The largest absolute Gasteiger partial charge is 0.462 e. The molecule has 58 heavy (non-hydrogen) atoms. The summed E-state index contributed by atoms with van der Waals surface area (Å²) in [6.07, 6.45) is 43.9. The third-order valence-corrected chi connectivity index (χ3v) is 14.6. The minimum atomic E-state index is -1.76. The lowest BCUT2D eigenvalue weighted by atomic mass is 10.0. The fourth-order valence-corrected chi connectivity index (χ4v) is 10.4. The molecular formula is C51H105NO5Si. The first-order chi connectivity index (χ1) is 28.3. The number of unbranched alkanes of at least 4 members (excludes halogenated alkanes) is 26. The van der Waals surface area contributed by atoms with Gasteiger partial charge in [-0.25, -0.2) is 0 Å². The number of hydrogen-bond donors (Lipinski definition) is 1. The molecule has 348 valence electrons. The molecule has 1 unspecified atom stereocenters. The third-order valence-electron chi connectivity index (χ3n) is 12.1. The molecule has 0 heterocycles. The summed E-state index contributed by atoms with van der Waals surface area (Å²) in [6.45, 7) is 17.8. The highest BCUT2D eigenvalue weighted by molar-refractivity contribution is 6.71. The highest BCUT2D eigenvalue weighted by Crippen LogP contribution is 2.23. The van der Waals surface area contributed by atoms with E-state index >= 15 is 0 Å². The SMILES string of the molecule is CCCCCCCCOC(CCCCCN(CCO)CCCCCCCC(=O)OC(CCCCCCCC)CCCCCCCC)O[Si](C)(C)CCCCCCCC. The molecule has 0 rings (SSSR count). The highest BCUT2D eigenvalue weighted by Gasteiger charge is 2.26. The van der Waals surface area contributed by atoms with Gasteiger partial charge in [-0.15, -0.1) is 0 Å². The molecule has 0 fully saturated rings. The number of carbonyl (C=O) groups is 1. The molecule has 0 amide bonds. The number of aliphatic hydroxyl groups is 1. The standard InChI is InChI=1S/C51H105NO5Si/c1-7-11-15-19-24-31-39-49(40-32-25-20-16-12-8-2)56-50(54)41-33-26-23-27-35-43-52(45-46-53)44-36-30-34-42-51(55-47-37-28-21-17-13-9-3)57-58(5,6)48-38-29-22-18-14-10-4/h49,51,53H,7-48H2,1-6H3. The van der Waals surface area contributed by atoms with Gasteiger partial charge in [0.1, 0.15) is 12.4 Å². The molecule has 0 aromatic rings. The maximum atomic E-state index is 12.8. The zero-order valence-corrected chi connectivity index (χ0v) is 41.4. The Morgan fingerprint density at radius 1 is 0.500 bits per heavy atom. The van der Waals surface area contributed by atoms with Crippen molar-refractivity contribution in [1.29, 1.82) is 0 Å². The van der Waals surface area contributed by atoms with Gasteiger partial charge in [-0.05, 0) is 96.4 Å². The number of rotatable bonds is 48. The van der Waals surface area contributed by atoms with E-state index in [1.54, 1.807) is 0 Å². The van der Waals surface area contributed by atoms with Crippen LogP contribution < -0.4 is 0 Å². The quantitative estimate of drug-likeness (QED) is 0.0285. The zero-order chi connectivity index (χ0) is 42.6. The highest BCUT2D eigenvalue weighted by atomic mass is 28.4. The number of ether oxygens (including phenoxy) is 2. The molecule has 0 bridgehead atoms. The fraction of sp³-hybridized carbons (Fsp3) is 0.980. The van der Waals surface area contributed by atoms with Gasteiger partial charge in [0.15, 0.2) is 8.32 Å². The van der Waals surface area contributed by atoms with Crippen LogP contribution in [-0.2, 0) is 18.7 Å². The molecule has 1 atom stereocenters. The summed E-state index contributed by atoms with van der Waals surface area (Å²) < 4.78 is 19.3. The lowest BCUT2D eigenvalue weighted by molar-refractivity contribution is -0.150. The minimum absolute atomic E-state index is 0.0253. The van der Waals surface area contributed by atoms with Crippen LogP contribution in [0, 0.1) is 0 Å². The van der Waals surface area contributed by atoms with E-state index in [0.717, 1.165) is 90.4 Å². The van der Waals surface area contributed by atoms with Crippen molar-refractivity contribution in [3.05, 3.63) is 0 Å². The minimum Gasteiger partial charge on any atom is -0.462 e. The molecule has 1 N–H and O–H groups in total. The summed E-state index contributed by atoms with van der Waals surface area (Å²) >= 11 is 0. The van der Waals surface area contributed by atoms with E-state index in [1.807, 2.05) is 0 Å². The Labute approximate surface area is 365 Å². The van der Waals surface area contributed by atoms with Crippen molar-refractivity contribution < 1.29 is 23.8 Å². The molecule has 0 radical (unpaired) electrons. The van der Waals surface area contributed by atoms with E-state index in [9.17, 15) is 9.90 Å². The lowest BCUT2D eigenvalue weighted by Crippen LogP contribution is -2.37. The molecule has 0 aromatic heterocycles. The summed E-state index contributed by atoms with van der Waals surface area (Å²) in [4.78, 5) is 15.3. The van der Waals surface area contributed by atoms with Crippen molar-refractivity contribution in [3.63, 3.8) is 0 Å². The van der Waals surface area contributed by atoms with Crippen LogP contribution in [0.2, 0.25) is 19.1 Å². The smallest absolute Gasteiger partial charge is 0.306 e. The Morgan fingerprint density at radius 2 is 0.914 bits per heavy atom. The van der Waals surface area contributed by atoms with Gasteiger partial charge in [0.05, 0.1) is 6.61 Å². The molecule has 0 saturated heterocycles. The van der Waals surface area contributed by atoms with Crippen LogP contribution in [0.4, 0.5) is 0 Å². The monoisotopic (exact) mass is 840 g/mol. The van der Waals surface area contributed by atoms with Gasteiger partial charge in [-0.1, -0.05) is 188 Å². The summed E-state index contributed by atoms with van der Waals surface area (Å²) in [5.41, 5.74) is 0. The summed E-state index contributed by atoms with van der Waals surface area (Å²) in [7, 11) is -1.76. The number of nitrogens with zero attached hydrogens (tertiary/aromatic N) is 1. The topological polar surface area (TPSA) is 68.2 Å². The molecule has 7 heteroatoms. The van der Waals surface area contributed by atoms with Crippen LogP contribution in [-0.4, -0.2) is 69.5 Å². The van der Waals surface area contributed by atoms with Crippen molar-refractivity contribution in [2.45, 2.75) is 290 Å². The van der Waals surface area contributed by atoms with E-state index in [0.29, 0.717) is 6.42 Å². The van der Waals surface area contributed by atoms with Crippen molar-refractivity contribution >= 4 is 14.3 Å². The van der Waals surface area contributed by atoms with Crippen molar-refractivity contribution in [2.24, 2.45) is 0 Å². The van der Waals surface area contributed by atoms with Gasteiger partial charge in [0.2, 0.25) is 0 Å². The van der Waals surface area contributed by atoms with E-state index in [2.05, 4.69) is 45.7 Å². The van der Waals surface area contributed by atoms with Crippen molar-refractivity contribution in [1.82, 2.24) is 4.90 Å². The van der Waals surface area contributed by atoms with Gasteiger partial charge >= 0.3 is 5.97 Å².